The van der Waals surface area contributed by atoms with Gasteiger partial charge < -0.3 is 14.2 Å². The molecule has 1 heterocycles. The minimum Gasteiger partial charge on any atom is -0.438 e. The van der Waals surface area contributed by atoms with Crippen molar-refractivity contribution in [2.24, 2.45) is 5.92 Å². The first-order chi connectivity index (χ1) is 12.1. The Morgan fingerprint density at radius 1 is 1.11 bits per heavy atom. The Balaban J connectivity index is 2.15. The predicted molar refractivity (Wildman–Crippen MR) is 74.2 cm³/mol. The summed E-state index contributed by atoms with van der Waals surface area (Å²) in [5.41, 5.74) is -5.37. The lowest BCUT2D eigenvalue weighted by molar-refractivity contribution is -0.362. The zero-order chi connectivity index (χ0) is 20.7. The second-order valence-electron chi connectivity index (χ2n) is 6.39. The number of halogens is 6. The van der Waals surface area contributed by atoms with E-state index in [0.29, 0.717) is 6.61 Å². The van der Waals surface area contributed by atoms with Crippen molar-refractivity contribution in [1.29, 1.82) is 0 Å². The van der Waals surface area contributed by atoms with Crippen molar-refractivity contribution in [3.05, 3.63) is 0 Å². The Bertz CT molecular complexity index is 641. The lowest BCUT2D eigenvalue weighted by Crippen LogP contribution is -2.63. The summed E-state index contributed by atoms with van der Waals surface area (Å²) in [4.78, 5) is 12.0. The third-order valence-corrected chi connectivity index (χ3v) is 4.99. The van der Waals surface area contributed by atoms with Crippen LogP contribution in [0, 0.1) is 5.92 Å². The Morgan fingerprint density at radius 3 is 2.11 bits per heavy atom. The number of alkyl halides is 6. The molecule has 0 aromatic heterocycles. The molecule has 158 valence electrons. The van der Waals surface area contributed by atoms with Gasteiger partial charge >= 0.3 is 23.9 Å². The van der Waals surface area contributed by atoms with Gasteiger partial charge in [-0.3, -0.25) is 9.35 Å². The van der Waals surface area contributed by atoms with E-state index in [2.05, 4.69) is 4.74 Å². The fraction of sp³-hybridized carbons (Fsp3) is 0.923. The van der Waals surface area contributed by atoms with E-state index in [9.17, 15) is 39.6 Å². The van der Waals surface area contributed by atoms with Crippen LogP contribution < -0.4 is 0 Å². The number of carbonyl (C=O) groups is 1. The monoisotopic (exact) mass is 430 g/mol. The largest absolute Gasteiger partial charge is 0.438 e. The first-order valence-electron chi connectivity index (χ1n) is 7.69. The Labute approximate surface area is 149 Å². The number of esters is 1. The fourth-order valence-electron chi connectivity index (χ4n) is 2.69. The molecule has 1 aliphatic carbocycles. The summed E-state index contributed by atoms with van der Waals surface area (Å²) in [6.45, 7) is 0.664. The minimum atomic E-state index is -6.32. The predicted octanol–water partition coefficient (Wildman–Crippen LogP) is 1.86. The average molecular weight is 430 g/mol. The molecule has 0 aromatic carbocycles. The smallest absolute Gasteiger partial charge is 0.438 e. The highest BCUT2D eigenvalue weighted by molar-refractivity contribution is 7.85. The Kier molecular flexibility index (Phi) is 6.05. The molecule has 3 unspecified atom stereocenters. The maximum atomic E-state index is 13.1. The summed E-state index contributed by atoms with van der Waals surface area (Å²) < 4.78 is 123. The van der Waals surface area contributed by atoms with Crippen LogP contribution in [0.2, 0.25) is 0 Å². The molecule has 1 saturated carbocycles. The van der Waals surface area contributed by atoms with Crippen molar-refractivity contribution < 1.29 is 58.3 Å². The van der Waals surface area contributed by atoms with Crippen molar-refractivity contribution in [3.8, 4) is 0 Å². The van der Waals surface area contributed by atoms with Gasteiger partial charge in [0.2, 0.25) is 0 Å². The molecule has 14 heteroatoms. The highest BCUT2D eigenvalue weighted by Gasteiger charge is 2.76. The van der Waals surface area contributed by atoms with Gasteiger partial charge in [0.1, 0.15) is 11.9 Å². The molecule has 2 fully saturated rings. The molecule has 0 amide bonds. The quantitative estimate of drug-likeness (QED) is 0.285. The van der Waals surface area contributed by atoms with E-state index in [1.54, 1.807) is 0 Å². The van der Waals surface area contributed by atoms with Crippen LogP contribution in [0.1, 0.15) is 19.3 Å². The van der Waals surface area contributed by atoms with Gasteiger partial charge in [-0.1, -0.05) is 0 Å². The van der Waals surface area contributed by atoms with Crippen LogP contribution in [0.3, 0.4) is 0 Å². The van der Waals surface area contributed by atoms with E-state index in [0.717, 1.165) is 0 Å². The lowest BCUT2D eigenvalue weighted by atomic mass is 10.0. The number of ether oxygens (including phenoxy) is 3. The van der Waals surface area contributed by atoms with Crippen molar-refractivity contribution in [2.75, 3.05) is 19.0 Å². The van der Waals surface area contributed by atoms with Gasteiger partial charge in [0.15, 0.2) is 0 Å². The van der Waals surface area contributed by atoms with Crippen LogP contribution in [0.5, 0.6) is 0 Å². The molecule has 1 saturated heterocycles. The van der Waals surface area contributed by atoms with Crippen LogP contribution in [-0.2, 0) is 29.1 Å². The number of rotatable bonds is 7. The standard InChI is InChI=1S/C13H16F6O7S/c14-12(15,16)11(13(17,18)19,6-27(21,22)23)26-10(20)7-1-2-8(3-7)24-4-9-5-25-9/h7-9H,1-6H2,(H,21,22,23). The van der Waals surface area contributed by atoms with Gasteiger partial charge in [0, 0.05) is 0 Å². The zero-order valence-corrected chi connectivity index (χ0v) is 14.4. The first kappa shape index (κ1) is 22.2. The Hall–Kier alpha value is -1.12. The van der Waals surface area contributed by atoms with Gasteiger partial charge in [0.25, 0.3) is 10.1 Å². The van der Waals surface area contributed by atoms with Gasteiger partial charge in [-0.05, 0) is 19.3 Å². The number of hydrogen-bond donors (Lipinski definition) is 1. The van der Waals surface area contributed by atoms with Crippen molar-refractivity contribution in [1.82, 2.24) is 0 Å². The van der Waals surface area contributed by atoms with Gasteiger partial charge in [0.05, 0.1) is 25.2 Å². The third-order valence-electron chi connectivity index (χ3n) is 4.21. The summed E-state index contributed by atoms with van der Waals surface area (Å²) >= 11 is 0. The molecule has 3 atom stereocenters. The summed E-state index contributed by atoms with van der Waals surface area (Å²) in [5.74, 6) is -6.08. The third kappa shape index (κ3) is 5.45. The van der Waals surface area contributed by atoms with Crippen molar-refractivity contribution >= 4 is 16.1 Å². The highest BCUT2D eigenvalue weighted by Crippen LogP contribution is 2.47. The van der Waals surface area contributed by atoms with E-state index in [-0.39, 0.29) is 32.0 Å². The molecular formula is C13H16F6O7S. The normalized spacial score (nSPS) is 26.9. The molecule has 0 spiro atoms. The maximum Gasteiger partial charge on any atom is 0.438 e. The molecular weight excluding hydrogens is 414 g/mol. The number of carbonyl (C=O) groups excluding carboxylic acids is 1. The molecule has 27 heavy (non-hydrogen) atoms. The van der Waals surface area contributed by atoms with Crippen LogP contribution in [0.4, 0.5) is 26.3 Å². The average Bonchev–Trinajstić information content (AvgIpc) is 3.17. The van der Waals surface area contributed by atoms with Gasteiger partial charge in [-0.25, -0.2) is 0 Å². The van der Waals surface area contributed by atoms with Gasteiger partial charge in [-0.15, -0.1) is 0 Å². The van der Waals surface area contributed by atoms with E-state index in [4.69, 9.17) is 14.0 Å². The van der Waals surface area contributed by atoms with E-state index >= 15 is 0 Å². The van der Waals surface area contributed by atoms with Crippen molar-refractivity contribution in [2.45, 2.75) is 49.4 Å². The van der Waals surface area contributed by atoms with E-state index in [1.165, 1.54) is 0 Å². The molecule has 7 nitrogen and oxygen atoms in total. The summed E-state index contributed by atoms with van der Waals surface area (Å²) in [5, 5.41) is 0. The molecule has 2 rings (SSSR count). The summed E-state index contributed by atoms with van der Waals surface area (Å²) in [6, 6.07) is 0. The zero-order valence-electron chi connectivity index (χ0n) is 13.5. The van der Waals surface area contributed by atoms with Crippen LogP contribution in [0.25, 0.3) is 0 Å². The van der Waals surface area contributed by atoms with Crippen molar-refractivity contribution in [3.63, 3.8) is 0 Å². The topological polar surface area (TPSA) is 102 Å². The molecule has 1 N–H and O–H groups in total. The summed E-state index contributed by atoms with van der Waals surface area (Å²) in [6.07, 6.45) is -13.4. The number of epoxide rings is 1. The second-order valence-corrected chi connectivity index (χ2v) is 7.84. The van der Waals surface area contributed by atoms with Gasteiger partial charge in [-0.2, -0.15) is 34.8 Å². The maximum absolute atomic E-state index is 13.1. The van der Waals surface area contributed by atoms with Crippen LogP contribution in [0.15, 0.2) is 0 Å². The molecule has 0 bridgehead atoms. The Morgan fingerprint density at radius 2 is 1.67 bits per heavy atom. The molecule has 1 aliphatic heterocycles. The first-order valence-corrected chi connectivity index (χ1v) is 9.30. The van der Waals surface area contributed by atoms with E-state index < -0.39 is 51.8 Å². The molecule has 0 radical (unpaired) electrons. The fourth-order valence-corrected chi connectivity index (χ4v) is 3.59. The molecule has 2 aliphatic rings. The minimum absolute atomic E-state index is 0.0906. The van der Waals surface area contributed by atoms with Crippen LogP contribution in [-0.4, -0.2) is 68.1 Å². The second kappa shape index (κ2) is 7.37. The van der Waals surface area contributed by atoms with Crippen LogP contribution >= 0.6 is 0 Å². The number of hydrogen-bond acceptors (Lipinski definition) is 6. The van der Waals surface area contributed by atoms with E-state index in [1.807, 2.05) is 0 Å². The highest BCUT2D eigenvalue weighted by atomic mass is 32.2. The lowest BCUT2D eigenvalue weighted by Gasteiger charge is -2.36. The molecule has 0 aromatic rings. The summed E-state index contributed by atoms with van der Waals surface area (Å²) in [7, 11) is -5.79. The SMILES string of the molecule is O=C(OC(CS(=O)(=O)O)(C(F)(F)F)C(F)(F)F)C1CCC(OCC2CO2)C1.